The van der Waals surface area contributed by atoms with E-state index in [-0.39, 0.29) is 6.04 Å². The summed E-state index contributed by atoms with van der Waals surface area (Å²) < 4.78 is 27.8. The Morgan fingerprint density at radius 1 is 1.19 bits per heavy atom. The lowest BCUT2D eigenvalue weighted by Crippen LogP contribution is -2.30. The fourth-order valence-electron chi connectivity index (χ4n) is 3.31. The van der Waals surface area contributed by atoms with Gasteiger partial charge in [0, 0.05) is 19.3 Å². The number of aryl methyl sites for hydroxylation is 1. The summed E-state index contributed by atoms with van der Waals surface area (Å²) in [6.07, 6.45) is 5.75. The van der Waals surface area contributed by atoms with Gasteiger partial charge in [0.05, 0.1) is 10.9 Å². The molecule has 26 heavy (non-hydrogen) atoms. The highest BCUT2D eigenvalue weighted by atomic mass is 32.2. The van der Waals surface area contributed by atoms with Gasteiger partial charge in [-0.15, -0.1) is 0 Å². The molecule has 1 aromatic heterocycles. The topological polar surface area (TPSA) is 62.3 Å². The predicted octanol–water partition coefficient (Wildman–Crippen LogP) is 4.13. The highest BCUT2D eigenvalue weighted by molar-refractivity contribution is 7.89. The first kappa shape index (κ1) is 18.9. The number of nitrogens with one attached hydrogen (secondary N) is 1. The van der Waals surface area contributed by atoms with Gasteiger partial charge in [0.2, 0.25) is 10.0 Å². The largest absolute Gasteiger partial charge is 0.370 e. The molecule has 1 saturated heterocycles. The van der Waals surface area contributed by atoms with Crippen molar-refractivity contribution in [2.75, 3.05) is 18.4 Å². The number of sulfonamides is 1. The van der Waals surface area contributed by atoms with Crippen molar-refractivity contribution in [1.29, 1.82) is 0 Å². The lowest BCUT2D eigenvalue weighted by atomic mass is 10.1. The fraction of sp³-hybridized carbons (Fsp3) is 0.450. The van der Waals surface area contributed by atoms with Crippen LogP contribution in [0.25, 0.3) is 0 Å². The summed E-state index contributed by atoms with van der Waals surface area (Å²) in [5.41, 5.74) is 2.01. The molecule has 1 N–H and O–H groups in total. The lowest BCUT2D eigenvalue weighted by molar-refractivity contribution is 0.396. The van der Waals surface area contributed by atoms with Crippen LogP contribution in [0.5, 0.6) is 0 Å². The molecule has 0 amide bonds. The number of nitrogens with zero attached hydrogens (tertiary/aromatic N) is 2. The van der Waals surface area contributed by atoms with Crippen LogP contribution in [-0.4, -0.2) is 30.8 Å². The van der Waals surface area contributed by atoms with Crippen LogP contribution >= 0.6 is 0 Å². The quantitative estimate of drug-likeness (QED) is 0.741. The molecule has 140 valence electrons. The molecule has 0 aliphatic carbocycles. The van der Waals surface area contributed by atoms with Crippen molar-refractivity contribution >= 4 is 15.8 Å². The van der Waals surface area contributed by atoms with Crippen LogP contribution in [0, 0.1) is 6.92 Å². The standard InChI is InChI=1S/C20H27N3O2S/c1-3-4-13-21-20-12-9-17(15-22-20)19-6-5-14-23(19)26(24,25)18-10-7-16(2)8-11-18/h7-12,15,19H,3-6,13-14H2,1-2H3,(H,21,22). The molecule has 1 aromatic carbocycles. The Kier molecular flexibility index (Phi) is 5.94. The van der Waals surface area contributed by atoms with E-state index in [1.165, 1.54) is 0 Å². The van der Waals surface area contributed by atoms with E-state index in [4.69, 9.17) is 0 Å². The molecule has 6 heteroatoms. The third kappa shape index (κ3) is 4.07. The molecule has 1 aliphatic rings. The van der Waals surface area contributed by atoms with Crippen LogP contribution in [0.1, 0.15) is 49.8 Å². The molecular formula is C20H27N3O2S. The van der Waals surface area contributed by atoms with Crippen molar-refractivity contribution < 1.29 is 8.42 Å². The van der Waals surface area contributed by atoms with Gasteiger partial charge in [0.25, 0.3) is 0 Å². The van der Waals surface area contributed by atoms with Crippen LogP contribution in [-0.2, 0) is 10.0 Å². The molecule has 1 unspecified atom stereocenters. The van der Waals surface area contributed by atoms with E-state index in [9.17, 15) is 8.42 Å². The van der Waals surface area contributed by atoms with E-state index in [2.05, 4.69) is 17.2 Å². The Morgan fingerprint density at radius 3 is 2.62 bits per heavy atom. The molecule has 0 spiro atoms. The van der Waals surface area contributed by atoms with E-state index >= 15 is 0 Å². The fourth-order valence-corrected chi connectivity index (χ4v) is 4.99. The molecule has 5 nitrogen and oxygen atoms in total. The Bertz CT molecular complexity index is 817. The van der Waals surface area contributed by atoms with E-state index in [1.807, 2.05) is 37.4 Å². The predicted molar refractivity (Wildman–Crippen MR) is 105 cm³/mol. The maximum absolute atomic E-state index is 13.1. The van der Waals surface area contributed by atoms with Crippen molar-refractivity contribution in [3.05, 3.63) is 53.7 Å². The zero-order valence-electron chi connectivity index (χ0n) is 15.5. The van der Waals surface area contributed by atoms with E-state index in [1.54, 1.807) is 16.4 Å². The Balaban J connectivity index is 1.78. The number of unbranched alkanes of at least 4 members (excludes halogenated alkanes) is 1. The molecular weight excluding hydrogens is 346 g/mol. The molecule has 1 aliphatic heterocycles. The highest BCUT2D eigenvalue weighted by Gasteiger charge is 2.36. The van der Waals surface area contributed by atoms with Crippen LogP contribution in [0.2, 0.25) is 0 Å². The van der Waals surface area contributed by atoms with Crippen molar-refractivity contribution in [3.63, 3.8) is 0 Å². The van der Waals surface area contributed by atoms with Crippen LogP contribution in [0.3, 0.4) is 0 Å². The summed E-state index contributed by atoms with van der Waals surface area (Å²) in [5, 5.41) is 3.29. The Labute approximate surface area is 156 Å². The second-order valence-electron chi connectivity index (χ2n) is 6.84. The smallest absolute Gasteiger partial charge is 0.243 e. The highest BCUT2D eigenvalue weighted by Crippen LogP contribution is 2.36. The first-order valence-corrected chi connectivity index (χ1v) is 10.7. The van der Waals surface area contributed by atoms with Crippen molar-refractivity contribution in [1.82, 2.24) is 9.29 Å². The van der Waals surface area contributed by atoms with Gasteiger partial charge in [-0.1, -0.05) is 37.1 Å². The Hall–Kier alpha value is -1.92. The third-order valence-electron chi connectivity index (χ3n) is 4.84. The number of pyridine rings is 1. The van der Waals surface area contributed by atoms with Gasteiger partial charge in [-0.3, -0.25) is 0 Å². The molecule has 2 heterocycles. The molecule has 3 rings (SSSR count). The van der Waals surface area contributed by atoms with Gasteiger partial charge in [-0.2, -0.15) is 4.31 Å². The second-order valence-corrected chi connectivity index (χ2v) is 8.73. The van der Waals surface area contributed by atoms with Gasteiger partial charge in [0.15, 0.2) is 0 Å². The van der Waals surface area contributed by atoms with Gasteiger partial charge < -0.3 is 5.32 Å². The summed E-state index contributed by atoms with van der Waals surface area (Å²) >= 11 is 0. The van der Waals surface area contributed by atoms with Gasteiger partial charge >= 0.3 is 0 Å². The summed E-state index contributed by atoms with van der Waals surface area (Å²) in [6, 6.07) is 10.9. The molecule has 0 saturated carbocycles. The first-order chi connectivity index (χ1) is 12.5. The third-order valence-corrected chi connectivity index (χ3v) is 6.76. The number of hydrogen-bond acceptors (Lipinski definition) is 4. The monoisotopic (exact) mass is 373 g/mol. The van der Waals surface area contributed by atoms with E-state index < -0.39 is 10.0 Å². The summed E-state index contributed by atoms with van der Waals surface area (Å²) in [6.45, 7) is 5.57. The molecule has 0 radical (unpaired) electrons. The van der Waals surface area contributed by atoms with Crippen LogP contribution in [0.4, 0.5) is 5.82 Å². The summed E-state index contributed by atoms with van der Waals surface area (Å²) in [7, 11) is -3.49. The number of rotatable bonds is 7. The first-order valence-electron chi connectivity index (χ1n) is 9.30. The molecule has 0 bridgehead atoms. The van der Waals surface area contributed by atoms with Gasteiger partial charge in [-0.25, -0.2) is 13.4 Å². The summed E-state index contributed by atoms with van der Waals surface area (Å²) in [5.74, 6) is 0.841. The number of benzene rings is 1. The average molecular weight is 374 g/mol. The van der Waals surface area contributed by atoms with Crippen LogP contribution < -0.4 is 5.32 Å². The lowest BCUT2D eigenvalue weighted by Gasteiger charge is -2.24. The van der Waals surface area contributed by atoms with Crippen molar-refractivity contribution in [2.45, 2.75) is 50.5 Å². The zero-order valence-corrected chi connectivity index (χ0v) is 16.3. The maximum atomic E-state index is 13.1. The van der Waals surface area contributed by atoms with Crippen molar-refractivity contribution in [3.8, 4) is 0 Å². The minimum atomic E-state index is -3.49. The van der Waals surface area contributed by atoms with Crippen molar-refractivity contribution in [2.24, 2.45) is 0 Å². The van der Waals surface area contributed by atoms with E-state index in [0.29, 0.717) is 11.4 Å². The zero-order chi connectivity index (χ0) is 18.6. The number of aromatic nitrogens is 1. The maximum Gasteiger partial charge on any atom is 0.243 e. The van der Waals surface area contributed by atoms with Crippen LogP contribution in [0.15, 0.2) is 47.5 Å². The number of hydrogen-bond donors (Lipinski definition) is 1. The SMILES string of the molecule is CCCCNc1ccc(C2CCCN2S(=O)(=O)c2ccc(C)cc2)cn1. The van der Waals surface area contributed by atoms with E-state index in [0.717, 1.165) is 49.2 Å². The van der Waals surface area contributed by atoms with Gasteiger partial charge in [-0.05, 0) is 49.9 Å². The number of anilines is 1. The Morgan fingerprint density at radius 2 is 1.96 bits per heavy atom. The average Bonchev–Trinajstić information content (AvgIpc) is 3.13. The molecule has 1 fully saturated rings. The normalized spacial score (nSPS) is 18.2. The minimum absolute atomic E-state index is 0.140. The molecule has 2 aromatic rings. The molecule has 1 atom stereocenters. The summed E-state index contributed by atoms with van der Waals surface area (Å²) in [4.78, 5) is 4.83. The van der Waals surface area contributed by atoms with Gasteiger partial charge in [0.1, 0.15) is 5.82 Å². The second kappa shape index (κ2) is 8.18. The minimum Gasteiger partial charge on any atom is -0.370 e.